The number of piperidine rings is 1. The molecule has 1 aliphatic rings. The van der Waals surface area contributed by atoms with Crippen molar-refractivity contribution >= 4 is 11.6 Å². The van der Waals surface area contributed by atoms with Crippen LogP contribution in [0.15, 0.2) is 0 Å². The van der Waals surface area contributed by atoms with Gasteiger partial charge in [-0.2, -0.15) is 0 Å². The van der Waals surface area contributed by atoms with Crippen LogP contribution in [0.4, 0.5) is 0 Å². The second-order valence-electron chi connectivity index (χ2n) is 3.41. The van der Waals surface area contributed by atoms with Crippen molar-refractivity contribution in [1.82, 2.24) is 9.80 Å². The van der Waals surface area contributed by atoms with Crippen LogP contribution in [0.2, 0.25) is 0 Å². The molecule has 3 heteroatoms. The first-order valence-electron chi connectivity index (χ1n) is 4.19. The number of nitrogens with zero attached hydrogens (tertiary/aromatic N) is 2. The van der Waals surface area contributed by atoms with Crippen molar-refractivity contribution in [3.05, 3.63) is 0 Å². The maximum absolute atomic E-state index is 5.73. The average Bonchev–Trinajstić information content (AvgIpc) is 2.05. The zero-order valence-electron chi connectivity index (χ0n) is 7.39. The fourth-order valence-corrected chi connectivity index (χ4v) is 1.73. The van der Waals surface area contributed by atoms with E-state index in [-0.39, 0.29) is 0 Å². The first kappa shape index (κ1) is 9.30. The van der Waals surface area contributed by atoms with Gasteiger partial charge in [-0.15, -0.1) is 11.6 Å². The number of rotatable bonds is 2. The maximum atomic E-state index is 5.73. The highest BCUT2D eigenvalue weighted by molar-refractivity contribution is 6.17. The molecule has 11 heavy (non-hydrogen) atoms. The second-order valence-corrected chi connectivity index (χ2v) is 3.65. The van der Waals surface area contributed by atoms with E-state index in [9.17, 15) is 0 Å². The molecule has 0 unspecified atom stereocenters. The summed E-state index contributed by atoms with van der Waals surface area (Å²) in [5.74, 6) is 0. The van der Waals surface area contributed by atoms with E-state index in [0.717, 1.165) is 0 Å². The Morgan fingerprint density at radius 2 is 2.00 bits per heavy atom. The number of likely N-dealkylation sites (tertiary alicyclic amines) is 1. The van der Waals surface area contributed by atoms with E-state index in [2.05, 4.69) is 23.9 Å². The molecule has 0 atom stereocenters. The first-order chi connectivity index (χ1) is 5.24. The van der Waals surface area contributed by atoms with E-state index in [0.29, 0.717) is 12.0 Å². The molecular formula is C8H17ClN2. The molecule has 1 heterocycles. The van der Waals surface area contributed by atoms with Crippen molar-refractivity contribution in [3.63, 3.8) is 0 Å². The van der Waals surface area contributed by atoms with Crippen LogP contribution in [0.1, 0.15) is 12.8 Å². The zero-order valence-corrected chi connectivity index (χ0v) is 8.14. The Morgan fingerprint density at radius 1 is 1.45 bits per heavy atom. The quantitative estimate of drug-likeness (QED) is 0.461. The van der Waals surface area contributed by atoms with Crippen LogP contribution in [0.25, 0.3) is 0 Å². The van der Waals surface area contributed by atoms with E-state index >= 15 is 0 Å². The van der Waals surface area contributed by atoms with Gasteiger partial charge in [-0.25, -0.2) is 0 Å². The highest BCUT2D eigenvalue weighted by Gasteiger charge is 2.19. The smallest absolute Gasteiger partial charge is 0.0738 e. The Morgan fingerprint density at radius 3 is 2.45 bits per heavy atom. The topological polar surface area (TPSA) is 6.48 Å². The molecule has 1 aliphatic heterocycles. The van der Waals surface area contributed by atoms with Gasteiger partial charge in [0.05, 0.1) is 6.00 Å². The zero-order chi connectivity index (χ0) is 8.27. The molecule has 1 rings (SSSR count). The van der Waals surface area contributed by atoms with E-state index in [1.165, 1.54) is 25.9 Å². The Kier molecular flexibility index (Phi) is 3.63. The third-order valence-corrected chi connectivity index (χ3v) is 2.88. The van der Waals surface area contributed by atoms with E-state index in [4.69, 9.17) is 11.6 Å². The Balaban J connectivity index is 2.27. The fraction of sp³-hybridized carbons (Fsp3) is 1.00. The standard InChI is InChI=1S/C8H17ClN2/c1-10-5-3-8(4-6-10)11(2)7-9/h8H,3-7H2,1-2H3. The van der Waals surface area contributed by atoms with Gasteiger partial charge >= 0.3 is 0 Å². The molecule has 0 aromatic carbocycles. The summed E-state index contributed by atoms with van der Waals surface area (Å²) in [6.45, 7) is 2.43. The van der Waals surface area contributed by atoms with Crippen LogP contribution < -0.4 is 0 Å². The third kappa shape index (κ3) is 2.62. The largest absolute Gasteiger partial charge is 0.306 e. The summed E-state index contributed by atoms with van der Waals surface area (Å²) in [7, 11) is 4.28. The van der Waals surface area contributed by atoms with Crippen LogP contribution in [0.3, 0.4) is 0 Å². The maximum Gasteiger partial charge on any atom is 0.0738 e. The molecule has 0 saturated carbocycles. The van der Waals surface area contributed by atoms with Crippen molar-refractivity contribution < 1.29 is 0 Å². The predicted molar refractivity (Wildman–Crippen MR) is 49.0 cm³/mol. The van der Waals surface area contributed by atoms with Crippen molar-refractivity contribution in [2.75, 3.05) is 33.2 Å². The molecule has 0 radical (unpaired) electrons. The molecule has 0 aliphatic carbocycles. The van der Waals surface area contributed by atoms with Crippen LogP contribution in [0.5, 0.6) is 0 Å². The number of hydrogen-bond donors (Lipinski definition) is 0. The average molecular weight is 177 g/mol. The molecule has 0 aromatic rings. The second kappa shape index (κ2) is 4.29. The molecule has 0 amide bonds. The minimum absolute atomic E-state index is 0.661. The lowest BCUT2D eigenvalue weighted by Gasteiger charge is -2.33. The Labute approximate surface area is 74.1 Å². The predicted octanol–water partition coefficient (Wildman–Crippen LogP) is 1.21. The van der Waals surface area contributed by atoms with Crippen molar-refractivity contribution in [2.45, 2.75) is 18.9 Å². The molecule has 1 saturated heterocycles. The molecule has 0 N–H and O–H groups in total. The van der Waals surface area contributed by atoms with Gasteiger partial charge in [-0.3, -0.25) is 4.90 Å². The number of hydrogen-bond acceptors (Lipinski definition) is 2. The lowest BCUT2D eigenvalue weighted by atomic mass is 10.1. The van der Waals surface area contributed by atoms with Crippen LogP contribution in [0, 0.1) is 0 Å². The summed E-state index contributed by atoms with van der Waals surface area (Å²) in [6, 6.07) is 1.37. The SMILES string of the molecule is CN1CCC(N(C)CCl)CC1. The van der Waals surface area contributed by atoms with Gasteiger partial charge in [-0.1, -0.05) is 0 Å². The van der Waals surface area contributed by atoms with Crippen LogP contribution in [-0.4, -0.2) is 49.0 Å². The summed E-state index contributed by atoms with van der Waals surface area (Å²) in [4.78, 5) is 4.60. The van der Waals surface area contributed by atoms with Gasteiger partial charge in [0.2, 0.25) is 0 Å². The Hall–Kier alpha value is 0.210. The summed E-state index contributed by atoms with van der Waals surface area (Å²) in [6.07, 6.45) is 2.53. The van der Waals surface area contributed by atoms with Gasteiger partial charge in [0.1, 0.15) is 0 Å². The fourth-order valence-electron chi connectivity index (χ4n) is 1.53. The minimum Gasteiger partial charge on any atom is -0.306 e. The highest BCUT2D eigenvalue weighted by Crippen LogP contribution is 2.13. The van der Waals surface area contributed by atoms with Gasteiger partial charge in [0, 0.05) is 6.04 Å². The van der Waals surface area contributed by atoms with Gasteiger partial charge in [0.15, 0.2) is 0 Å². The monoisotopic (exact) mass is 176 g/mol. The number of alkyl halides is 1. The van der Waals surface area contributed by atoms with Crippen LogP contribution >= 0.6 is 11.6 Å². The molecule has 1 fully saturated rings. The molecular weight excluding hydrogens is 160 g/mol. The van der Waals surface area contributed by atoms with Gasteiger partial charge in [-0.05, 0) is 40.0 Å². The Bertz CT molecular complexity index is 111. The molecule has 66 valence electrons. The molecule has 0 spiro atoms. The summed E-state index contributed by atoms with van der Waals surface area (Å²) in [5, 5.41) is 0. The summed E-state index contributed by atoms with van der Waals surface area (Å²) in [5.41, 5.74) is 0. The van der Waals surface area contributed by atoms with Gasteiger partial charge < -0.3 is 4.90 Å². The normalized spacial score (nSPS) is 22.9. The summed E-state index contributed by atoms with van der Waals surface area (Å²) >= 11 is 5.73. The van der Waals surface area contributed by atoms with Crippen molar-refractivity contribution in [3.8, 4) is 0 Å². The van der Waals surface area contributed by atoms with E-state index in [1.54, 1.807) is 0 Å². The van der Waals surface area contributed by atoms with Crippen molar-refractivity contribution in [1.29, 1.82) is 0 Å². The number of halogens is 1. The van der Waals surface area contributed by atoms with Gasteiger partial charge in [0.25, 0.3) is 0 Å². The minimum atomic E-state index is 0.661. The molecule has 0 bridgehead atoms. The highest BCUT2D eigenvalue weighted by atomic mass is 35.5. The summed E-state index contributed by atoms with van der Waals surface area (Å²) < 4.78 is 0. The molecule has 0 aromatic heterocycles. The van der Waals surface area contributed by atoms with E-state index in [1.807, 2.05) is 0 Å². The lowest BCUT2D eigenvalue weighted by Crippen LogP contribution is -2.41. The molecule has 2 nitrogen and oxygen atoms in total. The van der Waals surface area contributed by atoms with Crippen LogP contribution in [-0.2, 0) is 0 Å². The third-order valence-electron chi connectivity index (χ3n) is 2.50. The lowest BCUT2D eigenvalue weighted by molar-refractivity contribution is 0.160. The van der Waals surface area contributed by atoms with Crippen molar-refractivity contribution in [2.24, 2.45) is 0 Å². The first-order valence-corrected chi connectivity index (χ1v) is 4.72. The van der Waals surface area contributed by atoms with E-state index < -0.39 is 0 Å².